The van der Waals surface area contributed by atoms with Crippen LogP contribution in [0.5, 0.6) is 0 Å². The molecule has 66 valence electrons. The standard InChI is InChI=1S/C6H11NO2.CH4S/c1-9-6(8)5-3-2-4-7-5;1-2/h5,7H,2-4H2,1H3;2H,1H3. The number of esters is 1. The van der Waals surface area contributed by atoms with Gasteiger partial charge in [0.15, 0.2) is 0 Å². The van der Waals surface area contributed by atoms with E-state index in [4.69, 9.17) is 0 Å². The van der Waals surface area contributed by atoms with Crippen molar-refractivity contribution in [3.8, 4) is 0 Å². The van der Waals surface area contributed by atoms with Crippen LogP contribution in [0.15, 0.2) is 0 Å². The lowest BCUT2D eigenvalue weighted by Gasteiger charge is -2.04. The van der Waals surface area contributed by atoms with E-state index in [9.17, 15) is 4.79 Å². The maximum absolute atomic E-state index is 10.7. The minimum atomic E-state index is -0.132. The first-order valence-electron chi connectivity index (χ1n) is 3.60. The van der Waals surface area contributed by atoms with E-state index >= 15 is 0 Å². The molecule has 11 heavy (non-hydrogen) atoms. The monoisotopic (exact) mass is 177 g/mol. The molecular weight excluding hydrogens is 162 g/mol. The van der Waals surface area contributed by atoms with Gasteiger partial charge in [0.25, 0.3) is 0 Å². The van der Waals surface area contributed by atoms with Gasteiger partial charge in [-0.2, -0.15) is 12.6 Å². The lowest BCUT2D eigenvalue weighted by atomic mass is 10.2. The van der Waals surface area contributed by atoms with Crippen molar-refractivity contribution in [3.05, 3.63) is 0 Å². The maximum Gasteiger partial charge on any atom is 0.322 e. The molecule has 0 aromatic heterocycles. The zero-order valence-corrected chi connectivity index (χ0v) is 7.86. The fourth-order valence-corrected chi connectivity index (χ4v) is 1.03. The molecule has 1 rings (SSSR count). The van der Waals surface area contributed by atoms with E-state index in [0.29, 0.717) is 0 Å². The Kier molecular flexibility index (Phi) is 6.36. The minimum Gasteiger partial charge on any atom is -0.468 e. The second-order valence-corrected chi connectivity index (χ2v) is 2.17. The van der Waals surface area contributed by atoms with Crippen LogP contribution >= 0.6 is 12.6 Å². The molecule has 0 bridgehead atoms. The number of carbonyl (C=O) groups excluding carboxylic acids is 1. The van der Waals surface area contributed by atoms with Crippen molar-refractivity contribution in [2.45, 2.75) is 18.9 Å². The van der Waals surface area contributed by atoms with E-state index in [2.05, 4.69) is 22.7 Å². The highest BCUT2D eigenvalue weighted by molar-refractivity contribution is 7.79. The van der Waals surface area contributed by atoms with E-state index in [0.717, 1.165) is 19.4 Å². The average molecular weight is 177 g/mol. The minimum absolute atomic E-state index is 0.0324. The predicted molar refractivity (Wildman–Crippen MR) is 48.0 cm³/mol. The van der Waals surface area contributed by atoms with Gasteiger partial charge in [-0.25, -0.2) is 0 Å². The van der Waals surface area contributed by atoms with Crippen LogP contribution < -0.4 is 5.32 Å². The van der Waals surface area contributed by atoms with Gasteiger partial charge in [0.05, 0.1) is 7.11 Å². The zero-order chi connectivity index (χ0) is 8.69. The molecule has 1 atom stereocenters. The molecular formula is C7H15NO2S. The van der Waals surface area contributed by atoms with Gasteiger partial charge < -0.3 is 10.1 Å². The quantitative estimate of drug-likeness (QED) is 0.451. The number of nitrogens with one attached hydrogen (secondary N) is 1. The van der Waals surface area contributed by atoms with Crippen molar-refractivity contribution in [2.24, 2.45) is 0 Å². The number of hydrogen-bond acceptors (Lipinski definition) is 4. The summed E-state index contributed by atoms with van der Waals surface area (Å²) in [5.41, 5.74) is 0. The first-order valence-corrected chi connectivity index (χ1v) is 4.50. The van der Waals surface area contributed by atoms with Gasteiger partial charge in [0.1, 0.15) is 6.04 Å². The highest BCUT2D eigenvalue weighted by atomic mass is 32.1. The predicted octanol–water partition coefficient (Wildman–Crippen LogP) is 0.457. The van der Waals surface area contributed by atoms with Crippen LogP contribution in [0.2, 0.25) is 0 Å². The summed E-state index contributed by atoms with van der Waals surface area (Å²) < 4.78 is 4.53. The molecule has 1 unspecified atom stereocenters. The number of hydrogen-bond donors (Lipinski definition) is 2. The van der Waals surface area contributed by atoms with Crippen LogP contribution in [-0.4, -0.2) is 31.9 Å². The van der Waals surface area contributed by atoms with Gasteiger partial charge in [-0.1, -0.05) is 0 Å². The van der Waals surface area contributed by atoms with Gasteiger partial charge in [-0.3, -0.25) is 4.79 Å². The Hall–Kier alpha value is -0.220. The Bertz CT molecular complexity index is 113. The summed E-state index contributed by atoms with van der Waals surface area (Å²) >= 11 is 3.53. The van der Waals surface area contributed by atoms with Crippen molar-refractivity contribution >= 4 is 18.6 Å². The molecule has 0 aromatic carbocycles. The first-order chi connectivity index (χ1) is 5.34. The molecule has 1 saturated heterocycles. The molecule has 0 amide bonds. The fraction of sp³-hybridized carbons (Fsp3) is 0.857. The highest BCUT2D eigenvalue weighted by Crippen LogP contribution is 2.05. The fourth-order valence-electron chi connectivity index (χ4n) is 1.03. The van der Waals surface area contributed by atoms with E-state index in [1.807, 2.05) is 0 Å². The Morgan fingerprint density at radius 2 is 2.27 bits per heavy atom. The van der Waals surface area contributed by atoms with Crippen molar-refractivity contribution in [1.82, 2.24) is 5.32 Å². The second-order valence-electron chi connectivity index (χ2n) is 2.17. The average Bonchev–Trinajstić information content (AvgIpc) is 2.59. The van der Waals surface area contributed by atoms with Crippen molar-refractivity contribution in [1.29, 1.82) is 0 Å². The molecule has 0 radical (unpaired) electrons. The molecule has 1 aliphatic rings. The molecule has 0 aliphatic carbocycles. The maximum atomic E-state index is 10.7. The van der Waals surface area contributed by atoms with Gasteiger partial charge in [0, 0.05) is 0 Å². The molecule has 1 N–H and O–H groups in total. The van der Waals surface area contributed by atoms with Gasteiger partial charge in [-0.05, 0) is 25.6 Å². The van der Waals surface area contributed by atoms with Crippen molar-refractivity contribution in [3.63, 3.8) is 0 Å². The number of methoxy groups -OCH3 is 1. The van der Waals surface area contributed by atoms with Crippen molar-refractivity contribution in [2.75, 3.05) is 19.9 Å². The van der Waals surface area contributed by atoms with E-state index in [-0.39, 0.29) is 12.0 Å². The van der Waals surface area contributed by atoms with Gasteiger partial charge in [-0.15, -0.1) is 0 Å². The lowest BCUT2D eigenvalue weighted by molar-refractivity contribution is -0.142. The summed E-state index contributed by atoms with van der Waals surface area (Å²) in [6.45, 7) is 0.944. The van der Waals surface area contributed by atoms with Gasteiger partial charge in [0.2, 0.25) is 0 Å². The van der Waals surface area contributed by atoms with Crippen LogP contribution in [-0.2, 0) is 9.53 Å². The Balaban J connectivity index is 0.000000461. The van der Waals surface area contributed by atoms with Crippen LogP contribution in [0.1, 0.15) is 12.8 Å². The Morgan fingerprint density at radius 1 is 1.64 bits per heavy atom. The van der Waals surface area contributed by atoms with E-state index in [1.54, 1.807) is 6.26 Å². The number of thiol groups is 1. The number of ether oxygens (including phenoxy) is 1. The third-order valence-corrected chi connectivity index (χ3v) is 1.55. The normalized spacial score (nSPS) is 21.9. The SMILES string of the molecule is COC(=O)C1CCCN1.CS. The third kappa shape index (κ3) is 3.62. The summed E-state index contributed by atoms with van der Waals surface area (Å²) in [5.74, 6) is -0.132. The Morgan fingerprint density at radius 3 is 2.64 bits per heavy atom. The summed E-state index contributed by atoms with van der Waals surface area (Å²) in [7, 11) is 1.42. The van der Waals surface area contributed by atoms with Crippen LogP contribution in [0.4, 0.5) is 0 Å². The molecule has 1 aliphatic heterocycles. The highest BCUT2D eigenvalue weighted by Gasteiger charge is 2.21. The second kappa shape index (κ2) is 6.49. The molecule has 1 heterocycles. The molecule has 0 spiro atoms. The third-order valence-electron chi connectivity index (χ3n) is 1.55. The van der Waals surface area contributed by atoms with Crippen LogP contribution in [0.3, 0.4) is 0 Å². The smallest absolute Gasteiger partial charge is 0.322 e. The summed E-state index contributed by atoms with van der Waals surface area (Å²) in [4.78, 5) is 10.7. The van der Waals surface area contributed by atoms with E-state index in [1.165, 1.54) is 7.11 Å². The largest absolute Gasteiger partial charge is 0.468 e. The van der Waals surface area contributed by atoms with Crippen LogP contribution in [0, 0.1) is 0 Å². The first kappa shape index (κ1) is 10.8. The molecule has 1 fully saturated rings. The topological polar surface area (TPSA) is 38.3 Å². The molecule has 3 nitrogen and oxygen atoms in total. The summed E-state index contributed by atoms with van der Waals surface area (Å²) in [6, 6.07) is -0.0324. The lowest BCUT2D eigenvalue weighted by Crippen LogP contribution is -2.31. The number of rotatable bonds is 1. The van der Waals surface area contributed by atoms with E-state index < -0.39 is 0 Å². The summed E-state index contributed by atoms with van der Waals surface area (Å²) in [5, 5.41) is 3.03. The van der Waals surface area contributed by atoms with Gasteiger partial charge >= 0.3 is 5.97 Å². The molecule has 0 saturated carbocycles. The molecule has 4 heteroatoms. The Labute approximate surface area is 72.9 Å². The number of carbonyl (C=O) groups is 1. The van der Waals surface area contributed by atoms with Crippen LogP contribution in [0.25, 0.3) is 0 Å². The zero-order valence-electron chi connectivity index (χ0n) is 6.96. The molecule has 0 aromatic rings. The van der Waals surface area contributed by atoms with Crippen molar-refractivity contribution < 1.29 is 9.53 Å². The summed E-state index contributed by atoms with van der Waals surface area (Å²) in [6.07, 6.45) is 3.70.